The van der Waals surface area contributed by atoms with Crippen molar-refractivity contribution in [3.63, 3.8) is 0 Å². The van der Waals surface area contributed by atoms with Crippen molar-refractivity contribution in [1.29, 1.82) is 0 Å². The molecule has 0 radical (unpaired) electrons. The fourth-order valence-corrected chi connectivity index (χ4v) is 2.53. The number of imidazole rings is 1. The zero-order valence-electron chi connectivity index (χ0n) is 13.5. The third-order valence-electron chi connectivity index (χ3n) is 3.93. The predicted octanol–water partition coefficient (Wildman–Crippen LogP) is 4.26. The molecule has 0 aliphatic rings. The second-order valence-corrected chi connectivity index (χ2v) is 6.05. The molecule has 0 unspecified atom stereocenters. The Labute approximate surface area is 136 Å². The Balaban J connectivity index is 1.56. The first-order valence-corrected chi connectivity index (χ1v) is 7.95. The van der Waals surface area contributed by atoms with Crippen molar-refractivity contribution in [3.8, 4) is 0 Å². The van der Waals surface area contributed by atoms with Gasteiger partial charge < -0.3 is 4.98 Å². The summed E-state index contributed by atoms with van der Waals surface area (Å²) in [6, 6.07) is 16.2. The number of hydrogen-bond donors (Lipinski definition) is 2. The summed E-state index contributed by atoms with van der Waals surface area (Å²) in [5.41, 5.74) is 4.27. The van der Waals surface area contributed by atoms with E-state index in [1.54, 1.807) is 0 Å². The Kier molecular flexibility index (Phi) is 4.42. The van der Waals surface area contributed by atoms with Gasteiger partial charge in [-0.3, -0.25) is 10.1 Å². The van der Waals surface area contributed by atoms with Crippen LogP contribution in [0, 0.1) is 0 Å². The van der Waals surface area contributed by atoms with Gasteiger partial charge in [-0.1, -0.05) is 50.2 Å². The first-order valence-electron chi connectivity index (χ1n) is 7.95. The van der Waals surface area contributed by atoms with Crippen LogP contribution in [0.3, 0.4) is 0 Å². The number of anilines is 1. The van der Waals surface area contributed by atoms with E-state index in [-0.39, 0.29) is 5.91 Å². The maximum Gasteiger partial charge on any atom is 0.227 e. The molecule has 118 valence electrons. The second-order valence-electron chi connectivity index (χ2n) is 6.05. The zero-order chi connectivity index (χ0) is 16.2. The number of H-pyrrole nitrogens is 1. The normalized spacial score (nSPS) is 11.1. The van der Waals surface area contributed by atoms with E-state index in [4.69, 9.17) is 0 Å². The van der Waals surface area contributed by atoms with E-state index in [1.807, 2.05) is 24.3 Å². The minimum absolute atomic E-state index is 0.0306. The van der Waals surface area contributed by atoms with E-state index in [2.05, 4.69) is 53.4 Å². The van der Waals surface area contributed by atoms with E-state index in [1.165, 1.54) is 11.1 Å². The number of aromatic amines is 1. The van der Waals surface area contributed by atoms with Crippen molar-refractivity contribution >= 4 is 22.9 Å². The summed E-state index contributed by atoms with van der Waals surface area (Å²) >= 11 is 0. The van der Waals surface area contributed by atoms with Gasteiger partial charge in [0.05, 0.1) is 11.0 Å². The number of aryl methyl sites for hydroxylation is 1. The number of rotatable bonds is 5. The molecule has 0 bridgehead atoms. The van der Waals surface area contributed by atoms with Crippen LogP contribution >= 0.6 is 0 Å². The van der Waals surface area contributed by atoms with Gasteiger partial charge >= 0.3 is 0 Å². The molecule has 2 aromatic carbocycles. The number of aromatic nitrogens is 2. The number of para-hydroxylation sites is 2. The average molecular weight is 307 g/mol. The maximum atomic E-state index is 12.1. The number of nitrogens with zero attached hydrogens (tertiary/aromatic N) is 1. The van der Waals surface area contributed by atoms with Crippen molar-refractivity contribution in [1.82, 2.24) is 9.97 Å². The number of nitrogens with one attached hydrogen (secondary N) is 2. The summed E-state index contributed by atoms with van der Waals surface area (Å²) in [4.78, 5) is 19.5. The number of carbonyl (C=O) groups is 1. The lowest BCUT2D eigenvalue weighted by atomic mass is 10.0. The molecular weight excluding hydrogens is 286 g/mol. The van der Waals surface area contributed by atoms with Crippen LogP contribution in [0.25, 0.3) is 11.0 Å². The Morgan fingerprint density at radius 1 is 1.13 bits per heavy atom. The van der Waals surface area contributed by atoms with Crippen molar-refractivity contribution < 1.29 is 4.79 Å². The molecule has 4 nitrogen and oxygen atoms in total. The fraction of sp³-hybridized carbons (Fsp3) is 0.263. The van der Waals surface area contributed by atoms with Crippen LogP contribution < -0.4 is 5.32 Å². The molecule has 1 aromatic heterocycles. The number of benzene rings is 2. The summed E-state index contributed by atoms with van der Waals surface area (Å²) in [7, 11) is 0. The molecule has 0 aliphatic heterocycles. The van der Waals surface area contributed by atoms with Crippen LogP contribution in [0.1, 0.15) is 37.3 Å². The van der Waals surface area contributed by atoms with Gasteiger partial charge in [-0.25, -0.2) is 4.98 Å². The van der Waals surface area contributed by atoms with Crippen LogP contribution in [0.5, 0.6) is 0 Å². The standard InChI is InChI=1S/C19H21N3O/c1-13(2)15-10-7-14(8-11-15)9-12-18(23)22-19-20-16-5-3-4-6-17(16)21-19/h3-8,10-11,13H,9,12H2,1-2H3,(H2,20,21,22,23). The topological polar surface area (TPSA) is 57.8 Å². The first kappa shape index (κ1) is 15.3. The predicted molar refractivity (Wildman–Crippen MR) is 93.6 cm³/mol. The lowest BCUT2D eigenvalue weighted by Crippen LogP contribution is -2.13. The third kappa shape index (κ3) is 3.77. The molecule has 0 spiro atoms. The Morgan fingerprint density at radius 2 is 1.87 bits per heavy atom. The van der Waals surface area contributed by atoms with Crippen LogP contribution in [-0.4, -0.2) is 15.9 Å². The van der Waals surface area contributed by atoms with Gasteiger partial charge in [-0.2, -0.15) is 0 Å². The number of fused-ring (bicyclic) bond motifs is 1. The molecule has 3 aromatic rings. The van der Waals surface area contributed by atoms with Gasteiger partial charge in [0.1, 0.15) is 0 Å². The van der Waals surface area contributed by atoms with Crippen molar-refractivity contribution in [2.24, 2.45) is 0 Å². The molecule has 0 aliphatic carbocycles. The van der Waals surface area contributed by atoms with Crippen LogP contribution in [0.15, 0.2) is 48.5 Å². The summed E-state index contributed by atoms with van der Waals surface area (Å²) < 4.78 is 0. The van der Waals surface area contributed by atoms with Crippen LogP contribution in [0.2, 0.25) is 0 Å². The highest BCUT2D eigenvalue weighted by Gasteiger charge is 2.07. The van der Waals surface area contributed by atoms with Gasteiger partial charge in [0, 0.05) is 6.42 Å². The Hall–Kier alpha value is -2.62. The fourth-order valence-electron chi connectivity index (χ4n) is 2.53. The average Bonchev–Trinajstić information content (AvgIpc) is 2.95. The number of carbonyl (C=O) groups excluding carboxylic acids is 1. The Morgan fingerprint density at radius 3 is 2.57 bits per heavy atom. The molecule has 0 fully saturated rings. The van der Waals surface area contributed by atoms with Crippen molar-refractivity contribution in [3.05, 3.63) is 59.7 Å². The van der Waals surface area contributed by atoms with Gasteiger partial charge in [-0.05, 0) is 35.6 Å². The van der Waals surface area contributed by atoms with Crippen LogP contribution in [0.4, 0.5) is 5.95 Å². The summed E-state index contributed by atoms with van der Waals surface area (Å²) in [6.07, 6.45) is 1.17. The summed E-state index contributed by atoms with van der Waals surface area (Å²) in [5, 5.41) is 2.83. The van der Waals surface area contributed by atoms with Crippen molar-refractivity contribution in [2.45, 2.75) is 32.6 Å². The van der Waals surface area contributed by atoms with E-state index in [0.717, 1.165) is 17.5 Å². The maximum absolute atomic E-state index is 12.1. The highest BCUT2D eigenvalue weighted by molar-refractivity contribution is 5.91. The van der Waals surface area contributed by atoms with Crippen LogP contribution in [-0.2, 0) is 11.2 Å². The molecule has 1 amide bonds. The minimum Gasteiger partial charge on any atom is -0.324 e. The zero-order valence-corrected chi connectivity index (χ0v) is 13.5. The van der Waals surface area contributed by atoms with Gasteiger partial charge in [-0.15, -0.1) is 0 Å². The molecule has 0 saturated carbocycles. The first-order chi connectivity index (χ1) is 11.1. The second kappa shape index (κ2) is 6.65. The van der Waals surface area contributed by atoms with E-state index >= 15 is 0 Å². The minimum atomic E-state index is -0.0306. The molecule has 2 N–H and O–H groups in total. The lowest BCUT2D eigenvalue weighted by molar-refractivity contribution is -0.116. The van der Waals surface area contributed by atoms with Gasteiger partial charge in [0.2, 0.25) is 11.9 Å². The lowest BCUT2D eigenvalue weighted by Gasteiger charge is -2.07. The number of amides is 1. The molecule has 0 saturated heterocycles. The van der Waals surface area contributed by atoms with Gasteiger partial charge in [0.15, 0.2) is 0 Å². The molecule has 3 rings (SSSR count). The smallest absolute Gasteiger partial charge is 0.227 e. The highest BCUT2D eigenvalue weighted by Crippen LogP contribution is 2.16. The largest absolute Gasteiger partial charge is 0.324 e. The molecule has 1 heterocycles. The van der Waals surface area contributed by atoms with Gasteiger partial charge in [0.25, 0.3) is 0 Å². The third-order valence-corrected chi connectivity index (χ3v) is 3.93. The number of hydrogen-bond acceptors (Lipinski definition) is 2. The highest BCUT2D eigenvalue weighted by atomic mass is 16.1. The monoisotopic (exact) mass is 307 g/mol. The summed E-state index contributed by atoms with van der Waals surface area (Å²) in [5.74, 6) is 1.00. The molecule has 0 atom stereocenters. The quantitative estimate of drug-likeness (QED) is 0.740. The van der Waals surface area contributed by atoms with Crippen molar-refractivity contribution in [2.75, 3.05) is 5.32 Å². The molecular formula is C19H21N3O. The Bertz CT molecular complexity index is 770. The molecule has 4 heteroatoms. The van der Waals surface area contributed by atoms with E-state index in [9.17, 15) is 4.79 Å². The summed E-state index contributed by atoms with van der Waals surface area (Å²) in [6.45, 7) is 4.35. The van der Waals surface area contributed by atoms with E-state index < -0.39 is 0 Å². The molecule has 23 heavy (non-hydrogen) atoms. The SMILES string of the molecule is CC(C)c1ccc(CCC(=O)Nc2nc3ccccc3[nH]2)cc1. The van der Waals surface area contributed by atoms with E-state index in [0.29, 0.717) is 18.3 Å².